The van der Waals surface area contributed by atoms with E-state index in [1.54, 1.807) is 0 Å². The zero-order chi connectivity index (χ0) is 27.4. The first-order valence-corrected chi connectivity index (χ1v) is 11.3. The van der Waals surface area contributed by atoms with E-state index in [0.717, 1.165) is 28.8 Å². The topological polar surface area (TPSA) is 114 Å². The molecule has 0 bridgehead atoms. The number of benzene rings is 2. The molecule has 0 aliphatic carbocycles. The third-order valence-corrected chi connectivity index (χ3v) is 6.32. The maximum Gasteiger partial charge on any atom is 0.417 e. The maximum atomic E-state index is 14.9. The Morgan fingerprint density at radius 3 is 2.55 bits per heavy atom. The van der Waals surface area contributed by atoms with E-state index in [-0.39, 0.29) is 53.0 Å². The van der Waals surface area contributed by atoms with Gasteiger partial charge in [0.15, 0.2) is 5.82 Å². The van der Waals surface area contributed by atoms with Gasteiger partial charge in [0.1, 0.15) is 29.4 Å². The van der Waals surface area contributed by atoms with E-state index in [4.69, 9.17) is 5.73 Å². The molecule has 2 aromatic carbocycles. The number of alkyl halides is 4. The molecule has 3 heterocycles. The molecule has 2 aromatic heterocycles. The number of fused-ring (bicyclic) bond motifs is 1. The molecule has 0 saturated carbocycles. The first kappa shape index (κ1) is 25.1. The average Bonchev–Trinajstić information content (AvgIpc) is 3.24. The Morgan fingerprint density at radius 2 is 1.87 bits per heavy atom. The minimum atomic E-state index is -4.87. The van der Waals surface area contributed by atoms with Crippen LogP contribution in [-0.2, 0) is 6.18 Å². The summed E-state index contributed by atoms with van der Waals surface area (Å²) >= 11 is 0. The van der Waals surface area contributed by atoms with E-state index >= 15 is 0 Å². The van der Waals surface area contributed by atoms with Crippen LogP contribution < -0.4 is 16.2 Å². The smallest absolute Gasteiger partial charge is 0.368 e. The monoisotopic (exact) mass is 527 g/mol. The largest absolute Gasteiger partial charge is 0.417 e. The number of anilines is 2. The molecule has 0 unspecified atom stereocenters. The van der Waals surface area contributed by atoms with Crippen LogP contribution in [0, 0.1) is 24.1 Å². The van der Waals surface area contributed by atoms with Crippen LogP contribution in [0.1, 0.15) is 35.1 Å². The Balaban J connectivity index is 1.84. The molecule has 2 N–H and O–H groups in total. The van der Waals surface area contributed by atoms with Gasteiger partial charge in [0.2, 0.25) is 5.95 Å². The molecular formula is C25H18F5N7O. The molecule has 0 spiro atoms. The quantitative estimate of drug-likeness (QED) is 0.393. The molecule has 1 aliphatic heterocycles. The Kier molecular flexibility index (Phi) is 5.97. The van der Waals surface area contributed by atoms with Gasteiger partial charge in [-0.1, -0.05) is 12.1 Å². The predicted octanol–water partition coefficient (Wildman–Crippen LogP) is 4.39. The minimum Gasteiger partial charge on any atom is -0.368 e. The Labute approximate surface area is 211 Å². The van der Waals surface area contributed by atoms with Crippen molar-refractivity contribution in [1.29, 1.82) is 5.26 Å². The van der Waals surface area contributed by atoms with Gasteiger partial charge in [0.25, 0.3) is 5.56 Å². The van der Waals surface area contributed by atoms with Gasteiger partial charge in [-0.3, -0.25) is 9.36 Å². The van der Waals surface area contributed by atoms with Gasteiger partial charge in [-0.05, 0) is 37.3 Å². The highest BCUT2D eigenvalue weighted by Crippen LogP contribution is 2.40. The molecule has 1 fully saturated rings. The van der Waals surface area contributed by atoms with E-state index in [9.17, 15) is 32.0 Å². The molecule has 5 rings (SSSR count). The van der Waals surface area contributed by atoms with Crippen molar-refractivity contribution in [3.05, 3.63) is 81.3 Å². The van der Waals surface area contributed by atoms with E-state index < -0.39 is 40.7 Å². The molecule has 8 nitrogen and oxygen atoms in total. The summed E-state index contributed by atoms with van der Waals surface area (Å²) in [5.41, 5.74) is 3.36. The van der Waals surface area contributed by atoms with Crippen molar-refractivity contribution in [3.8, 4) is 11.8 Å². The second-order valence-electron chi connectivity index (χ2n) is 8.77. The minimum absolute atomic E-state index is 0.00756. The van der Waals surface area contributed by atoms with Gasteiger partial charge >= 0.3 is 6.18 Å². The molecule has 4 aromatic rings. The second kappa shape index (κ2) is 9.05. The highest BCUT2D eigenvalue weighted by molar-refractivity contribution is 5.82. The van der Waals surface area contributed by atoms with Crippen LogP contribution in [0.3, 0.4) is 0 Å². The normalized spacial score (nSPS) is 17.7. The van der Waals surface area contributed by atoms with Gasteiger partial charge < -0.3 is 10.6 Å². The van der Waals surface area contributed by atoms with Crippen LogP contribution in [0.15, 0.2) is 47.3 Å². The Morgan fingerprint density at radius 1 is 1.13 bits per heavy atom. The van der Waals surface area contributed by atoms with E-state index in [1.807, 2.05) is 6.07 Å². The molecule has 0 radical (unpaired) electrons. The fourth-order valence-corrected chi connectivity index (χ4v) is 4.75. The highest BCUT2D eigenvalue weighted by atomic mass is 19.4. The lowest BCUT2D eigenvalue weighted by molar-refractivity contribution is -0.136. The van der Waals surface area contributed by atoms with Crippen molar-refractivity contribution in [2.24, 2.45) is 0 Å². The molecule has 2 atom stereocenters. The number of nitrogen functional groups attached to an aromatic ring is 1. The fraction of sp³-hybridized carbons (Fsp3) is 0.240. The van der Waals surface area contributed by atoms with Crippen molar-refractivity contribution in [3.63, 3.8) is 0 Å². The Bertz CT molecular complexity index is 1680. The van der Waals surface area contributed by atoms with Crippen LogP contribution in [0.2, 0.25) is 0 Å². The third-order valence-electron chi connectivity index (χ3n) is 6.32. The number of hydrogen-bond acceptors (Lipinski definition) is 7. The van der Waals surface area contributed by atoms with Crippen LogP contribution in [0.25, 0.3) is 16.6 Å². The van der Waals surface area contributed by atoms with E-state index in [0.29, 0.717) is 0 Å². The van der Waals surface area contributed by atoms with Crippen molar-refractivity contribution >= 4 is 22.7 Å². The molecular weight excluding hydrogens is 509 g/mol. The third kappa shape index (κ3) is 4.17. The molecule has 1 saturated heterocycles. The predicted molar refractivity (Wildman–Crippen MR) is 128 cm³/mol. The van der Waals surface area contributed by atoms with Crippen molar-refractivity contribution in [2.75, 3.05) is 17.2 Å². The number of aryl methyl sites for hydroxylation is 1. The van der Waals surface area contributed by atoms with Gasteiger partial charge in [0.05, 0.1) is 40.4 Å². The number of nitrogens with two attached hydrogens (primary N) is 1. The summed E-state index contributed by atoms with van der Waals surface area (Å²) in [6.45, 7) is 1.25. The average molecular weight is 527 g/mol. The fourth-order valence-electron chi connectivity index (χ4n) is 4.75. The van der Waals surface area contributed by atoms with Gasteiger partial charge in [-0.15, -0.1) is 0 Å². The number of nitrogens with zero attached hydrogens (tertiary/aromatic N) is 6. The molecule has 38 heavy (non-hydrogen) atoms. The number of aromatic nitrogens is 4. The van der Waals surface area contributed by atoms with Gasteiger partial charge in [-0.2, -0.15) is 23.4 Å². The number of halogens is 5. The summed E-state index contributed by atoms with van der Waals surface area (Å²) in [5, 5.41) is 9.00. The number of nitriles is 1. The second-order valence-corrected chi connectivity index (χ2v) is 8.77. The van der Waals surface area contributed by atoms with Crippen molar-refractivity contribution in [1.82, 2.24) is 19.5 Å². The van der Waals surface area contributed by atoms with E-state index in [2.05, 4.69) is 15.0 Å². The van der Waals surface area contributed by atoms with Crippen LogP contribution >= 0.6 is 0 Å². The SMILES string of the molecule is Cc1nc(N)nc(N2C[C@@H](F)C[C@H]2c2nc3cccc(C(F)(F)F)c3c(=O)n2-c2cccc(F)c2)c1C#N. The molecule has 1 aliphatic rings. The summed E-state index contributed by atoms with van der Waals surface area (Å²) in [4.78, 5) is 27.6. The number of rotatable bonds is 3. The van der Waals surface area contributed by atoms with E-state index in [1.165, 1.54) is 30.0 Å². The zero-order valence-electron chi connectivity index (χ0n) is 19.7. The molecule has 194 valence electrons. The van der Waals surface area contributed by atoms with Crippen LogP contribution in [0.4, 0.5) is 33.7 Å². The number of hydrogen-bond donors (Lipinski definition) is 1. The van der Waals surface area contributed by atoms with Crippen molar-refractivity contribution < 1.29 is 22.0 Å². The standard InChI is InChI=1S/C25H18F5N7O/c1-12-16(10-31)21(35-24(32)33-12)36-11-14(27)9-19(36)22-34-18-7-3-6-17(25(28,29)30)20(18)23(38)37(22)15-5-2-4-13(26)8-15/h2-8,14,19H,9,11H2,1H3,(H2,32,33,35)/t14-,19-/m0/s1. The highest BCUT2D eigenvalue weighted by Gasteiger charge is 2.40. The Hall–Kier alpha value is -4.60. The zero-order valence-corrected chi connectivity index (χ0v) is 19.7. The summed E-state index contributed by atoms with van der Waals surface area (Å²) in [6.07, 6.45) is -6.58. The maximum absolute atomic E-state index is 14.9. The lowest BCUT2D eigenvalue weighted by Crippen LogP contribution is -2.33. The first-order valence-electron chi connectivity index (χ1n) is 11.3. The lowest BCUT2D eigenvalue weighted by atomic mass is 10.1. The summed E-state index contributed by atoms with van der Waals surface area (Å²) < 4.78 is 71.5. The van der Waals surface area contributed by atoms with Crippen molar-refractivity contribution in [2.45, 2.75) is 31.7 Å². The van der Waals surface area contributed by atoms with Crippen LogP contribution in [-0.4, -0.2) is 32.2 Å². The molecule has 0 amide bonds. The summed E-state index contributed by atoms with van der Waals surface area (Å²) in [6, 6.07) is 8.69. The lowest BCUT2D eigenvalue weighted by Gasteiger charge is -2.28. The first-order chi connectivity index (χ1) is 18.0. The molecule has 13 heteroatoms. The van der Waals surface area contributed by atoms with Gasteiger partial charge in [-0.25, -0.2) is 18.7 Å². The summed E-state index contributed by atoms with van der Waals surface area (Å²) in [5.74, 6) is -1.08. The summed E-state index contributed by atoms with van der Waals surface area (Å²) in [7, 11) is 0. The van der Waals surface area contributed by atoms with Gasteiger partial charge in [0, 0.05) is 6.42 Å². The van der Waals surface area contributed by atoms with Crippen LogP contribution in [0.5, 0.6) is 0 Å².